The van der Waals surface area contributed by atoms with Gasteiger partial charge in [-0.15, -0.1) is 0 Å². The van der Waals surface area contributed by atoms with Gasteiger partial charge in [-0.1, -0.05) is 67.7 Å². The molecule has 1 atom stereocenters. The fourth-order valence-electron chi connectivity index (χ4n) is 4.11. The van der Waals surface area contributed by atoms with Crippen LogP contribution >= 0.6 is 0 Å². The maximum atomic E-state index is 11.8. The van der Waals surface area contributed by atoms with Crippen molar-refractivity contribution in [3.63, 3.8) is 0 Å². The number of benzene rings is 2. The zero-order chi connectivity index (χ0) is 20.0. The van der Waals surface area contributed by atoms with Crippen LogP contribution < -0.4 is 11.1 Å². The molecule has 3 rings (SSSR count). The van der Waals surface area contributed by atoms with Gasteiger partial charge in [0.05, 0.1) is 0 Å². The summed E-state index contributed by atoms with van der Waals surface area (Å²) in [5.74, 6) is -0.780. The van der Waals surface area contributed by atoms with Crippen molar-refractivity contribution in [3.8, 4) is 11.1 Å². The highest BCUT2D eigenvalue weighted by atomic mass is 16.4. The third-order valence-corrected chi connectivity index (χ3v) is 6.09. The fourth-order valence-corrected chi connectivity index (χ4v) is 4.11. The summed E-state index contributed by atoms with van der Waals surface area (Å²) in [5.41, 5.74) is 8.92. The van der Waals surface area contributed by atoms with E-state index in [2.05, 4.69) is 61.7 Å². The molecule has 0 amide bonds. The van der Waals surface area contributed by atoms with Crippen LogP contribution in [0.1, 0.15) is 37.7 Å². The monoisotopic (exact) mass is 378 g/mol. The summed E-state index contributed by atoms with van der Waals surface area (Å²) >= 11 is 0. The molecule has 1 aliphatic carbocycles. The quantitative estimate of drug-likeness (QED) is 0.438. The lowest BCUT2D eigenvalue weighted by atomic mass is 9.66. The van der Waals surface area contributed by atoms with Crippen molar-refractivity contribution in [1.29, 1.82) is 0 Å². The number of carboxylic acids is 1. The van der Waals surface area contributed by atoms with Crippen LogP contribution in [-0.2, 0) is 11.3 Å². The van der Waals surface area contributed by atoms with Gasteiger partial charge in [-0.3, -0.25) is 4.79 Å². The minimum absolute atomic E-state index is 0.0648. The van der Waals surface area contributed by atoms with E-state index >= 15 is 0 Å². The van der Waals surface area contributed by atoms with Crippen LogP contribution in [-0.4, -0.2) is 30.5 Å². The number of rotatable bonds is 10. The second-order valence-electron chi connectivity index (χ2n) is 8.12. The second-order valence-corrected chi connectivity index (χ2v) is 8.12. The molecule has 4 nitrogen and oxygen atoms in total. The van der Waals surface area contributed by atoms with E-state index in [1.54, 1.807) is 0 Å². The molecule has 0 heterocycles. The molecular weight excluding hydrogens is 347 g/mol. The van der Waals surface area contributed by atoms with E-state index in [1.165, 1.54) is 16.7 Å². The van der Waals surface area contributed by atoms with Crippen LogP contribution in [0.2, 0.25) is 6.32 Å². The van der Waals surface area contributed by atoms with Crippen LogP contribution in [0, 0.1) is 5.92 Å². The maximum Gasteiger partial charge on any atom is 0.323 e. The minimum atomic E-state index is -1.07. The third kappa shape index (κ3) is 4.84. The van der Waals surface area contributed by atoms with Gasteiger partial charge in [-0.2, -0.15) is 0 Å². The smallest absolute Gasteiger partial charge is 0.323 e. The van der Waals surface area contributed by atoms with E-state index in [0.717, 1.165) is 38.5 Å². The lowest BCUT2D eigenvalue weighted by molar-refractivity contribution is -0.148. The van der Waals surface area contributed by atoms with Gasteiger partial charge in [-0.25, -0.2) is 0 Å². The van der Waals surface area contributed by atoms with Gasteiger partial charge < -0.3 is 16.2 Å². The Hall–Kier alpha value is -2.11. The second kappa shape index (κ2) is 9.40. The van der Waals surface area contributed by atoms with Gasteiger partial charge in [0, 0.05) is 12.6 Å². The van der Waals surface area contributed by atoms with Gasteiger partial charge in [0.15, 0.2) is 0 Å². The minimum Gasteiger partial charge on any atom is -0.480 e. The summed E-state index contributed by atoms with van der Waals surface area (Å²) in [4.78, 5) is 11.8. The molecule has 1 aliphatic rings. The summed E-state index contributed by atoms with van der Waals surface area (Å²) in [6.45, 7) is 0.790. The molecule has 2 aromatic carbocycles. The summed E-state index contributed by atoms with van der Waals surface area (Å²) in [7, 11) is 2.12. The maximum absolute atomic E-state index is 11.8. The summed E-state index contributed by atoms with van der Waals surface area (Å²) < 4.78 is 0. The molecule has 1 saturated carbocycles. The number of carboxylic acid groups (broad SMARTS) is 1. The largest absolute Gasteiger partial charge is 0.480 e. The normalized spacial score (nSPS) is 20.9. The Bertz CT molecular complexity index is 777. The van der Waals surface area contributed by atoms with E-state index in [-0.39, 0.29) is 5.92 Å². The molecule has 4 N–H and O–H groups in total. The molecule has 0 aliphatic heterocycles. The van der Waals surface area contributed by atoms with Gasteiger partial charge >= 0.3 is 5.97 Å². The van der Waals surface area contributed by atoms with Gasteiger partial charge in [0.25, 0.3) is 0 Å². The number of nitrogens with one attached hydrogen (secondary N) is 1. The first kappa shape index (κ1) is 20.6. The van der Waals surface area contributed by atoms with Crippen LogP contribution in [0.3, 0.4) is 0 Å². The molecule has 5 heteroatoms. The molecule has 0 spiro atoms. The fraction of sp³-hybridized carbons (Fsp3) is 0.435. The first-order valence-corrected chi connectivity index (χ1v) is 10.4. The van der Waals surface area contributed by atoms with Crippen molar-refractivity contribution in [2.45, 2.75) is 56.5 Å². The zero-order valence-corrected chi connectivity index (χ0v) is 16.7. The Morgan fingerprint density at radius 1 is 1.11 bits per heavy atom. The Kier molecular flexibility index (Phi) is 6.92. The van der Waals surface area contributed by atoms with Crippen molar-refractivity contribution >= 4 is 13.8 Å². The Morgan fingerprint density at radius 3 is 2.50 bits per heavy atom. The van der Waals surface area contributed by atoms with E-state index in [4.69, 9.17) is 5.73 Å². The van der Waals surface area contributed by atoms with Crippen LogP contribution in [0.5, 0.6) is 0 Å². The highest BCUT2D eigenvalue weighted by Crippen LogP contribution is 2.38. The van der Waals surface area contributed by atoms with E-state index in [9.17, 15) is 9.90 Å². The third-order valence-electron chi connectivity index (χ3n) is 6.09. The van der Waals surface area contributed by atoms with E-state index in [1.807, 2.05) is 6.07 Å². The average Bonchev–Trinajstić information content (AvgIpc) is 2.68. The predicted octanol–water partition coefficient (Wildman–Crippen LogP) is 3.23. The van der Waals surface area contributed by atoms with Crippen molar-refractivity contribution in [2.24, 2.45) is 11.7 Å². The molecule has 1 unspecified atom stereocenters. The predicted molar refractivity (Wildman–Crippen MR) is 117 cm³/mol. The first-order valence-electron chi connectivity index (χ1n) is 10.4. The standard InChI is InChI=1S/C23H31BN2O2/c24-12-5-4-11-23(25,22(27)28)20-14-21(15-20)26-16-17-7-6-10-19(13-17)18-8-2-1-3-9-18/h1-3,6-10,13,20-21,26H,4-5,11-12,14-16,24-25H2,(H,27,28)/t20-,21+,23?. The molecule has 28 heavy (non-hydrogen) atoms. The molecule has 0 radical (unpaired) electrons. The molecule has 148 valence electrons. The van der Waals surface area contributed by atoms with Gasteiger partial charge in [-0.05, 0) is 47.9 Å². The highest BCUT2D eigenvalue weighted by Gasteiger charge is 2.47. The molecule has 2 aromatic rings. The summed E-state index contributed by atoms with van der Waals surface area (Å²) in [6.07, 6.45) is 5.26. The lowest BCUT2D eigenvalue weighted by Gasteiger charge is -2.45. The Balaban J connectivity index is 1.52. The van der Waals surface area contributed by atoms with E-state index < -0.39 is 11.5 Å². The highest BCUT2D eigenvalue weighted by molar-refractivity contribution is 6.08. The lowest BCUT2D eigenvalue weighted by Crippen LogP contribution is -2.60. The average molecular weight is 378 g/mol. The van der Waals surface area contributed by atoms with Crippen LogP contribution in [0.4, 0.5) is 0 Å². The first-order chi connectivity index (χ1) is 13.5. The molecule has 0 saturated heterocycles. The van der Waals surface area contributed by atoms with Crippen molar-refractivity contribution in [3.05, 3.63) is 60.2 Å². The van der Waals surface area contributed by atoms with Crippen molar-refractivity contribution in [1.82, 2.24) is 5.32 Å². The Labute approximate surface area is 168 Å². The number of hydrogen-bond acceptors (Lipinski definition) is 3. The number of carbonyl (C=O) groups is 1. The molecule has 0 aromatic heterocycles. The van der Waals surface area contributed by atoms with Gasteiger partial charge in [0.1, 0.15) is 13.4 Å². The number of unbranched alkanes of at least 4 members (excludes halogenated alkanes) is 1. The van der Waals surface area contributed by atoms with Crippen molar-refractivity contribution < 1.29 is 9.90 Å². The topological polar surface area (TPSA) is 75.4 Å². The Morgan fingerprint density at radius 2 is 1.82 bits per heavy atom. The van der Waals surface area contributed by atoms with E-state index in [0.29, 0.717) is 12.5 Å². The number of hydrogen-bond donors (Lipinski definition) is 3. The summed E-state index contributed by atoms with van der Waals surface area (Å²) in [6, 6.07) is 19.3. The van der Waals surface area contributed by atoms with Gasteiger partial charge in [0.2, 0.25) is 0 Å². The molecule has 1 fully saturated rings. The molecule has 0 bridgehead atoms. The summed E-state index contributed by atoms with van der Waals surface area (Å²) in [5, 5.41) is 13.2. The number of aliphatic carboxylic acids is 1. The zero-order valence-electron chi connectivity index (χ0n) is 16.7. The molecular formula is C23H31BN2O2. The van der Waals surface area contributed by atoms with Crippen LogP contribution in [0.25, 0.3) is 11.1 Å². The van der Waals surface area contributed by atoms with Crippen molar-refractivity contribution in [2.75, 3.05) is 0 Å². The number of nitrogens with two attached hydrogens (primary N) is 1. The van der Waals surface area contributed by atoms with Crippen LogP contribution in [0.15, 0.2) is 54.6 Å². The SMILES string of the molecule is BCCCCC(N)(C(=O)O)[C@H]1C[C@@H](NCc2cccc(-c3ccccc3)c2)C1.